The van der Waals surface area contributed by atoms with Crippen LogP contribution in [0.4, 0.5) is 10.6 Å². The number of anilines is 1. The summed E-state index contributed by atoms with van der Waals surface area (Å²) in [6.45, 7) is 11.5. The first-order valence-electron chi connectivity index (χ1n) is 7.65. The van der Waals surface area contributed by atoms with Crippen molar-refractivity contribution in [3.8, 4) is 11.5 Å². The van der Waals surface area contributed by atoms with Gasteiger partial charge in [0.1, 0.15) is 13.9 Å². The lowest BCUT2D eigenvalue weighted by molar-refractivity contribution is 0.140. The summed E-state index contributed by atoms with van der Waals surface area (Å²) >= 11 is 0. The number of rotatable bonds is 1. The Balaban J connectivity index is 2.17. The minimum atomic E-state index is -1.38. The molecule has 1 saturated heterocycles. The van der Waals surface area contributed by atoms with E-state index < -0.39 is 8.07 Å². The van der Waals surface area contributed by atoms with Gasteiger partial charge in [0.05, 0.1) is 0 Å². The maximum atomic E-state index is 12.5. The number of urea groups is 1. The summed E-state index contributed by atoms with van der Waals surface area (Å²) in [5, 5.41) is 0. The van der Waals surface area contributed by atoms with Crippen LogP contribution in [-0.4, -0.2) is 43.1 Å². The number of amides is 2. The number of aromatic nitrogens is 1. The number of pyridine rings is 1. The summed E-state index contributed by atoms with van der Waals surface area (Å²) in [5.74, 6) is 3.88. The Kier molecular flexibility index (Phi) is 4.34. The average Bonchev–Trinajstić information content (AvgIpc) is 2.43. The quantitative estimate of drug-likeness (QED) is 0.588. The fourth-order valence-electron chi connectivity index (χ4n) is 2.18. The van der Waals surface area contributed by atoms with Crippen molar-refractivity contribution in [1.29, 1.82) is 0 Å². The van der Waals surface area contributed by atoms with Crippen LogP contribution >= 0.6 is 0 Å². The zero-order chi connectivity index (χ0) is 16.5. The van der Waals surface area contributed by atoms with E-state index in [-0.39, 0.29) is 11.6 Å². The third-order valence-electron chi connectivity index (χ3n) is 3.98. The second-order valence-electron chi connectivity index (χ2n) is 7.46. The van der Waals surface area contributed by atoms with Crippen LogP contribution in [0.15, 0.2) is 18.3 Å². The van der Waals surface area contributed by atoms with E-state index in [1.54, 1.807) is 16.0 Å². The highest BCUT2D eigenvalue weighted by Crippen LogP contribution is 2.27. The van der Waals surface area contributed by atoms with Crippen LogP contribution in [-0.2, 0) is 0 Å². The third kappa shape index (κ3) is 3.69. The molecule has 0 spiro atoms. The van der Waals surface area contributed by atoms with Crippen LogP contribution in [0.1, 0.15) is 25.8 Å². The summed E-state index contributed by atoms with van der Waals surface area (Å²) in [7, 11) is 0.467. The van der Waals surface area contributed by atoms with Crippen molar-refractivity contribution in [2.45, 2.75) is 45.4 Å². The second-order valence-corrected chi connectivity index (χ2v) is 12.2. The average molecular weight is 315 g/mol. The van der Waals surface area contributed by atoms with E-state index in [1.807, 2.05) is 19.2 Å². The second kappa shape index (κ2) is 5.77. The minimum absolute atomic E-state index is 0.00434. The van der Waals surface area contributed by atoms with Crippen LogP contribution in [0, 0.1) is 11.5 Å². The first kappa shape index (κ1) is 16.6. The van der Waals surface area contributed by atoms with E-state index in [4.69, 9.17) is 0 Å². The lowest BCUT2D eigenvalue weighted by Gasteiger charge is -2.44. The highest BCUT2D eigenvalue weighted by atomic mass is 28.3. The van der Waals surface area contributed by atoms with Crippen molar-refractivity contribution in [1.82, 2.24) is 9.88 Å². The molecule has 118 valence electrons. The molecule has 0 atom stereocenters. The van der Waals surface area contributed by atoms with Crippen molar-refractivity contribution < 1.29 is 4.79 Å². The summed E-state index contributed by atoms with van der Waals surface area (Å²) in [5.41, 5.74) is 4.13. The molecule has 1 aliphatic heterocycles. The molecule has 0 unspecified atom stereocenters. The lowest BCUT2D eigenvalue weighted by atomic mass is 9.96. The van der Waals surface area contributed by atoms with Crippen molar-refractivity contribution in [2.75, 3.05) is 18.5 Å². The maximum Gasteiger partial charge on any atom is 0.325 e. The van der Waals surface area contributed by atoms with Gasteiger partial charge in [-0.15, -0.1) is 5.54 Å². The van der Waals surface area contributed by atoms with Gasteiger partial charge in [0.15, 0.2) is 0 Å². The van der Waals surface area contributed by atoms with Crippen LogP contribution < -0.4 is 4.90 Å². The van der Waals surface area contributed by atoms with Crippen molar-refractivity contribution >= 4 is 19.9 Å². The Labute approximate surface area is 134 Å². The molecule has 0 radical (unpaired) electrons. The van der Waals surface area contributed by atoms with Gasteiger partial charge in [-0.05, 0) is 32.4 Å². The molecule has 1 fully saturated rings. The van der Waals surface area contributed by atoms with E-state index in [0.29, 0.717) is 12.4 Å². The molecule has 2 heterocycles. The zero-order valence-corrected chi connectivity index (χ0v) is 15.4. The molecule has 2 amide bonds. The molecule has 1 aromatic heterocycles. The molecular formula is C17H25N3OSi. The SMILES string of the molecule is CN1C(=O)N(c2ccc(C#C[Si](C)(C)C)cn2)CCC1(C)C. The highest BCUT2D eigenvalue weighted by molar-refractivity contribution is 6.83. The summed E-state index contributed by atoms with van der Waals surface area (Å²) < 4.78 is 0. The maximum absolute atomic E-state index is 12.5. The minimum Gasteiger partial charge on any atom is -0.322 e. The lowest BCUT2D eigenvalue weighted by Crippen LogP contribution is -2.57. The Bertz CT molecular complexity index is 620. The van der Waals surface area contributed by atoms with Crippen molar-refractivity contribution in [2.24, 2.45) is 0 Å². The van der Waals surface area contributed by atoms with Gasteiger partial charge in [-0.3, -0.25) is 4.90 Å². The molecule has 0 aliphatic carbocycles. The molecule has 5 heteroatoms. The van der Waals surface area contributed by atoms with Crippen molar-refractivity contribution in [3.05, 3.63) is 23.9 Å². The number of hydrogen-bond acceptors (Lipinski definition) is 2. The summed E-state index contributed by atoms with van der Waals surface area (Å²) in [6, 6.07) is 3.84. The standard InChI is InChI=1S/C17H25N3OSi/c1-17(2)10-11-20(16(21)19(17)3)15-8-7-14(13-18-15)9-12-22(4,5)6/h7-8,13H,10-11H2,1-6H3. The van der Waals surface area contributed by atoms with Gasteiger partial charge in [0.2, 0.25) is 0 Å². The van der Waals surface area contributed by atoms with Gasteiger partial charge < -0.3 is 4.90 Å². The van der Waals surface area contributed by atoms with Gasteiger partial charge in [-0.1, -0.05) is 25.6 Å². The van der Waals surface area contributed by atoms with Gasteiger partial charge >= 0.3 is 6.03 Å². The smallest absolute Gasteiger partial charge is 0.322 e. The Morgan fingerprint density at radius 2 is 1.95 bits per heavy atom. The Hall–Kier alpha value is -1.80. The number of hydrogen-bond donors (Lipinski definition) is 0. The number of carbonyl (C=O) groups excluding carboxylic acids is 1. The van der Waals surface area contributed by atoms with Gasteiger partial charge in [-0.25, -0.2) is 9.78 Å². The predicted molar refractivity (Wildman–Crippen MR) is 93.7 cm³/mol. The van der Waals surface area contributed by atoms with Crippen LogP contribution in [0.5, 0.6) is 0 Å². The monoisotopic (exact) mass is 315 g/mol. The topological polar surface area (TPSA) is 36.4 Å². The van der Waals surface area contributed by atoms with E-state index in [2.05, 4.69) is 49.9 Å². The fraction of sp³-hybridized carbons (Fsp3) is 0.529. The molecule has 2 rings (SSSR count). The molecule has 0 aromatic carbocycles. The molecule has 22 heavy (non-hydrogen) atoms. The Morgan fingerprint density at radius 3 is 2.50 bits per heavy atom. The van der Waals surface area contributed by atoms with E-state index in [9.17, 15) is 4.79 Å². The molecule has 1 aromatic rings. The first-order valence-corrected chi connectivity index (χ1v) is 11.1. The first-order chi connectivity index (χ1) is 10.1. The molecule has 0 bridgehead atoms. The summed E-state index contributed by atoms with van der Waals surface area (Å²) in [6.07, 6.45) is 2.68. The molecule has 0 N–H and O–H groups in total. The molecule has 0 saturated carbocycles. The van der Waals surface area contributed by atoms with Crippen molar-refractivity contribution in [3.63, 3.8) is 0 Å². The van der Waals surface area contributed by atoms with Crippen LogP contribution in [0.25, 0.3) is 0 Å². The van der Waals surface area contributed by atoms with Gasteiger partial charge in [0, 0.05) is 30.9 Å². The Morgan fingerprint density at radius 1 is 1.27 bits per heavy atom. The van der Waals surface area contributed by atoms with E-state index >= 15 is 0 Å². The predicted octanol–water partition coefficient (Wildman–Crippen LogP) is 3.35. The van der Waals surface area contributed by atoms with Crippen LogP contribution in [0.2, 0.25) is 19.6 Å². The fourth-order valence-corrected chi connectivity index (χ4v) is 2.70. The molecule has 4 nitrogen and oxygen atoms in total. The summed E-state index contributed by atoms with van der Waals surface area (Å²) in [4.78, 5) is 20.4. The van der Waals surface area contributed by atoms with E-state index in [0.717, 1.165) is 12.0 Å². The van der Waals surface area contributed by atoms with Gasteiger partial charge in [-0.2, -0.15) is 0 Å². The van der Waals surface area contributed by atoms with E-state index in [1.165, 1.54) is 0 Å². The zero-order valence-electron chi connectivity index (χ0n) is 14.4. The number of nitrogens with zero attached hydrogens (tertiary/aromatic N) is 3. The number of carbonyl (C=O) groups is 1. The van der Waals surface area contributed by atoms with Crippen LogP contribution in [0.3, 0.4) is 0 Å². The normalized spacial score (nSPS) is 18.0. The molecule has 1 aliphatic rings. The third-order valence-corrected chi connectivity index (χ3v) is 4.85. The van der Waals surface area contributed by atoms with Gasteiger partial charge in [0.25, 0.3) is 0 Å². The largest absolute Gasteiger partial charge is 0.325 e. The highest BCUT2D eigenvalue weighted by Gasteiger charge is 2.37. The molecular weight excluding hydrogens is 290 g/mol.